The maximum absolute atomic E-state index is 12.9. The van der Waals surface area contributed by atoms with Gasteiger partial charge in [-0.2, -0.15) is 4.31 Å². The minimum absolute atomic E-state index is 0.0981. The Morgan fingerprint density at radius 3 is 2.10 bits per heavy atom. The number of hydrogen-bond acceptors (Lipinski definition) is 6. The van der Waals surface area contributed by atoms with Crippen LogP contribution < -0.4 is 5.32 Å². The smallest absolute Gasteiger partial charge is 0.410 e. The van der Waals surface area contributed by atoms with Crippen molar-refractivity contribution in [3.05, 3.63) is 36.4 Å². The fourth-order valence-electron chi connectivity index (χ4n) is 2.87. The van der Waals surface area contributed by atoms with Crippen LogP contribution in [0, 0.1) is 0 Å². The Balaban J connectivity index is 2.03. The Hall–Kier alpha value is -2.59. The van der Waals surface area contributed by atoms with Crippen LogP contribution in [0.2, 0.25) is 0 Å². The first-order chi connectivity index (χ1) is 13.8. The molecule has 0 unspecified atom stereocenters. The predicted octanol–water partition coefficient (Wildman–Crippen LogP) is 2.37. The number of nitrogens with one attached hydrogen (secondary N) is 1. The van der Waals surface area contributed by atoms with Crippen LogP contribution in [0.4, 0.5) is 10.5 Å². The number of carboxylic acid groups (broad SMARTS) is 1. The van der Waals surface area contributed by atoms with Crippen molar-refractivity contribution in [3.8, 4) is 0 Å². The number of aliphatic carboxylic acids is 1. The van der Waals surface area contributed by atoms with Crippen LogP contribution in [0.15, 0.2) is 41.3 Å². The van der Waals surface area contributed by atoms with E-state index in [2.05, 4.69) is 11.9 Å². The van der Waals surface area contributed by atoms with Crippen molar-refractivity contribution >= 4 is 27.8 Å². The lowest BCUT2D eigenvalue weighted by Crippen LogP contribution is -2.51. The van der Waals surface area contributed by atoms with Gasteiger partial charge in [-0.15, -0.1) is 0 Å². The van der Waals surface area contributed by atoms with Crippen LogP contribution in [0.5, 0.6) is 0 Å². The molecule has 0 aliphatic carbocycles. The number of benzene rings is 1. The summed E-state index contributed by atoms with van der Waals surface area (Å²) in [5, 5.41) is 12.0. The second-order valence-corrected chi connectivity index (χ2v) is 10.1. The molecule has 1 atom stereocenters. The Labute approximate surface area is 177 Å². The number of carbonyl (C=O) groups is 2. The molecule has 166 valence electrons. The highest BCUT2D eigenvalue weighted by atomic mass is 32.2. The zero-order valence-corrected chi connectivity index (χ0v) is 18.5. The van der Waals surface area contributed by atoms with Gasteiger partial charge in [-0.25, -0.2) is 18.0 Å². The van der Waals surface area contributed by atoms with E-state index in [-0.39, 0.29) is 31.1 Å². The molecule has 0 saturated carbocycles. The molecule has 30 heavy (non-hydrogen) atoms. The zero-order valence-electron chi connectivity index (χ0n) is 17.7. The Kier molecular flexibility index (Phi) is 7.14. The second kappa shape index (κ2) is 9.05. The summed E-state index contributed by atoms with van der Waals surface area (Å²) in [6, 6.07) is 4.92. The third-order valence-corrected chi connectivity index (χ3v) is 6.35. The minimum Gasteiger partial charge on any atom is -0.479 e. The zero-order chi connectivity index (χ0) is 22.7. The first-order valence-electron chi connectivity index (χ1n) is 9.54. The molecular weight excluding hydrogens is 410 g/mol. The summed E-state index contributed by atoms with van der Waals surface area (Å²) in [5.41, 5.74) is 0.293. The molecule has 0 aromatic heterocycles. The maximum Gasteiger partial charge on any atom is 0.410 e. The second-order valence-electron chi connectivity index (χ2n) is 8.16. The van der Waals surface area contributed by atoms with Gasteiger partial charge in [0, 0.05) is 31.9 Å². The molecule has 10 heteroatoms. The van der Waals surface area contributed by atoms with Crippen molar-refractivity contribution in [3.63, 3.8) is 0 Å². The number of carboxylic acids is 1. The van der Waals surface area contributed by atoms with E-state index in [0.29, 0.717) is 11.3 Å². The van der Waals surface area contributed by atoms with Gasteiger partial charge in [0.05, 0.1) is 4.90 Å². The van der Waals surface area contributed by atoms with Crippen molar-refractivity contribution in [1.82, 2.24) is 9.21 Å². The molecule has 0 bridgehead atoms. The number of hydrogen-bond donors (Lipinski definition) is 2. The molecule has 2 N–H and O–H groups in total. The summed E-state index contributed by atoms with van der Waals surface area (Å²) in [4.78, 5) is 25.0. The van der Waals surface area contributed by atoms with E-state index >= 15 is 0 Å². The Morgan fingerprint density at radius 2 is 1.67 bits per heavy atom. The molecule has 1 aromatic rings. The fraction of sp³-hybridized carbons (Fsp3) is 0.500. The highest BCUT2D eigenvalue weighted by Gasteiger charge is 2.32. The molecule has 1 heterocycles. The number of rotatable bonds is 6. The van der Waals surface area contributed by atoms with Gasteiger partial charge in [0.25, 0.3) is 0 Å². The van der Waals surface area contributed by atoms with Crippen molar-refractivity contribution in [2.75, 3.05) is 31.5 Å². The van der Waals surface area contributed by atoms with Gasteiger partial charge >= 0.3 is 12.1 Å². The predicted molar refractivity (Wildman–Crippen MR) is 113 cm³/mol. The molecule has 1 fully saturated rings. The summed E-state index contributed by atoms with van der Waals surface area (Å²) >= 11 is 0. The lowest BCUT2D eigenvalue weighted by molar-refractivity contribution is -0.137. The molecule has 2 rings (SSSR count). The third kappa shape index (κ3) is 5.96. The fourth-order valence-corrected chi connectivity index (χ4v) is 4.29. The van der Waals surface area contributed by atoms with Crippen LogP contribution >= 0.6 is 0 Å². The first kappa shape index (κ1) is 23.7. The molecule has 0 radical (unpaired) electrons. The van der Waals surface area contributed by atoms with Crippen molar-refractivity contribution < 1.29 is 27.9 Å². The van der Waals surface area contributed by atoms with Crippen molar-refractivity contribution in [2.45, 2.75) is 44.2 Å². The highest BCUT2D eigenvalue weighted by Crippen LogP contribution is 2.21. The summed E-state index contributed by atoms with van der Waals surface area (Å²) < 4.78 is 32.5. The van der Waals surface area contributed by atoms with Gasteiger partial charge in [0.2, 0.25) is 10.0 Å². The van der Waals surface area contributed by atoms with Gasteiger partial charge in [0.1, 0.15) is 11.6 Å². The quantitative estimate of drug-likeness (QED) is 0.654. The van der Waals surface area contributed by atoms with E-state index in [1.807, 2.05) is 0 Å². The van der Waals surface area contributed by atoms with Crippen LogP contribution in [-0.2, 0) is 19.6 Å². The molecule has 0 spiro atoms. The average Bonchev–Trinajstić information content (AvgIpc) is 2.64. The van der Waals surface area contributed by atoms with E-state index in [1.54, 1.807) is 27.7 Å². The number of carbonyl (C=O) groups excluding carboxylic acids is 1. The van der Waals surface area contributed by atoms with Crippen LogP contribution in [0.25, 0.3) is 0 Å². The summed E-state index contributed by atoms with van der Waals surface area (Å²) in [7, 11) is -3.73. The van der Waals surface area contributed by atoms with Gasteiger partial charge in [-0.1, -0.05) is 6.58 Å². The lowest BCUT2D eigenvalue weighted by Gasteiger charge is -2.35. The molecule has 1 aliphatic rings. The van der Waals surface area contributed by atoms with Gasteiger partial charge in [0.15, 0.2) is 0 Å². The van der Waals surface area contributed by atoms with Crippen LogP contribution in [0.1, 0.15) is 27.7 Å². The molecule has 1 aromatic carbocycles. The normalized spacial score (nSPS) is 16.6. The lowest BCUT2D eigenvalue weighted by atomic mass is 10.1. The van der Waals surface area contributed by atoms with Gasteiger partial charge in [-0.3, -0.25) is 0 Å². The number of amides is 1. The van der Waals surface area contributed by atoms with Crippen LogP contribution in [0.3, 0.4) is 0 Å². The largest absolute Gasteiger partial charge is 0.479 e. The molecule has 1 amide bonds. The molecule has 9 nitrogen and oxygen atoms in total. The van der Waals surface area contributed by atoms with Gasteiger partial charge < -0.3 is 20.1 Å². The average molecular weight is 440 g/mol. The number of piperazine rings is 1. The topological polar surface area (TPSA) is 116 Å². The summed E-state index contributed by atoms with van der Waals surface area (Å²) in [6.45, 7) is 11.4. The van der Waals surface area contributed by atoms with E-state index in [9.17, 15) is 23.1 Å². The summed E-state index contributed by atoms with van der Waals surface area (Å²) in [5.74, 6) is -1.07. The molecular formula is C20H29N3O6S. The SMILES string of the molecule is C=C(C)[C@H](Nc1ccc(S(=O)(=O)N2CCN(C(=O)OC(C)(C)C)CC2)cc1)C(=O)O. The molecule has 1 saturated heterocycles. The molecule has 1 aliphatic heterocycles. The monoisotopic (exact) mass is 439 g/mol. The van der Waals surface area contributed by atoms with Crippen LogP contribution in [-0.4, -0.2) is 72.6 Å². The van der Waals surface area contributed by atoms with E-state index < -0.39 is 33.7 Å². The Morgan fingerprint density at radius 1 is 1.13 bits per heavy atom. The van der Waals surface area contributed by atoms with E-state index in [4.69, 9.17) is 4.74 Å². The van der Waals surface area contributed by atoms with Gasteiger partial charge in [-0.05, 0) is 57.5 Å². The number of anilines is 1. The Bertz CT molecular complexity index is 883. The van der Waals surface area contributed by atoms with Crippen molar-refractivity contribution in [1.29, 1.82) is 0 Å². The van der Waals surface area contributed by atoms with E-state index in [1.165, 1.54) is 33.5 Å². The number of ether oxygens (including phenoxy) is 1. The number of nitrogens with zero attached hydrogens (tertiary/aromatic N) is 2. The minimum atomic E-state index is -3.73. The van der Waals surface area contributed by atoms with E-state index in [0.717, 1.165) is 0 Å². The standard InChI is InChI=1S/C20H29N3O6S/c1-14(2)17(18(24)25)21-15-6-8-16(9-7-15)30(27,28)23-12-10-22(11-13-23)19(26)29-20(3,4)5/h6-9,17,21H,1,10-13H2,2-5H3,(H,24,25)/t17-/m0/s1. The van der Waals surface area contributed by atoms with Crippen molar-refractivity contribution in [2.24, 2.45) is 0 Å². The number of sulfonamides is 1. The first-order valence-corrected chi connectivity index (χ1v) is 11.0. The highest BCUT2D eigenvalue weighted by molar-refractivity contribution is 7.89. The summed E-state index contributed by atoms with van der Waals surface area (Å²) in [6.07, 6.45) is -0.458. The third-order valence-electron chi connectivity index (χ3n) is 4.43. The maximum atomic E-state index is 12.9.